The van der Waals surface area contributed by atoms with Crippen molar-refractivity contribution in [3.05, 3.63) is 70.3 Å². The number of rotatable bonds is 8. The highest BCUT2D eigenvalue weighted by Crippen LogP contribution is 2.33. The molecular weight excluding hydrogens is 396 g/mol. The van der Waals surface area contributed by atoms with E-state index >= 15 is 0 Å². The molecule has 28 heavy (non-hydrogen) atoms. The number of hydrogen-bond donors (Lipinski definition) is 2. The summed E-state index contributed by atoms with van der Waals surface area (Å²) in [6.07, 6.45) is 0. The molecule has 0 saturated heterocycles. The maximum Gasteiger partial charge on any atom is 0.344 e. The number of nitro groups is 1. The molecule has 0 radical (unpaired) electrons. The van der Waals surface area contributed by atoms with Crippen LogP contribution in [0.5, 0.6) is 0 Å². The van der Waals surface area contributed by atoms with E-state index in [1.165, 1.54) is 31.2 Å². The highest BCUT2D eigenvalue weighted by Gasteiger charge is 2.49. The van der Waals surface area contributed by atoms with E-state index in [0.717, 1.165) is 24.3 Å². The molecule has 0 aliphatic heterocycles. The van der Waals surface area contributed by atoms with Crippen LogP contribution in [0.4, 0.5) is 14.5 Å². The number of amides is 1. The van der Waals surface area contributed by atoms with Gasteiger partial charge in [0.25, 0.3) is 11.6 Å². The van der Waals surface area contributed by atoms with Crippen molar-refractivity contribution in [3.8, 4) is 0 Å². The van der Waals surface area contributed by atoms with Gasteiger partial charge in [-0.3, -0.25) is 14.9 Å². The van der Waals surface area contributed by atoms with Crippen molar-refractivity contribution >= 4 is 21.6 Å². The summed E-state index contributed by atoms with van der Waals surface area (Å²) in [5.41, 5.74) is -0.476. The Morgan fingerprint density at radius 3 is 2.21 bits per heavy atom. The van der Waals surface area contributed by atoms with Crippen molar-refractivity contribution in [2.24, 2.45) is 0 Å². The Bertz CT molecular complexity index is 951. The van der Waals surface area contributed by atoms with Crippen LogP contribution in [0.25, 0.3) is 0 Å². The average Bonchev–Trinajstić information content (AvgIpc) is 2.67. The molecule has 0 aliphatic carbocycles. The van der Waals surface area contributed by atoms with Crippen molar-refractivity contribution in [2.75, 3.05) is 6.54 Å². The molecule has 0 saturated carbocycles. The number of nitro benzene ring substituents is 1. The Balaban J connectivity index is 2.44. The van der Waals surface area contributed by atoms with Gasteiger partial charge in [0.15, 0.2) is 0 Å². The maximum absolute atomic E-state index is 14.7. The largest absolute Gasteiger partial charge is 0.351 e. The minimum Gasteiger partial charge on any atom is -0.351 e. The third-order valence-corrected chi connectivity index (χ3v) is 5.21. The molecule has 2 aromatic carbocycles. The van der Waals surface area contributed by atoms with E-state index in [4.69, 9.17) is 0 Å². The molecule has 1 atom stereocenters. The minimum atomic E-state index is -4.51. The Labute approximate surface area is 159 Å². The highest BCUT2D eigenvalue weighted by molar-refractivity contribution is 7.89. The topological polar surface area (TPSA) is 118 Å². The van der Waals surface area contributed by atoms with Crippen LogP contribution in [0.1, 0.15) is 18.5 Å². The summed E-state index contributed by atoms with van der Waals surface area (Å²) >= 11 is 0. The molecule has 1 amide bonds. The SMILES string of the molecule is CCNC(=O)C(F)(F)C(NS(=O)(=O)c1ccc([N+](=O)[O-])cc1)c1ccccc1. The second-order valence-corrected chi connectivity index (χ2v) is 7.41. The average molecular weight is 413 g/mol. The summed E-state index contributed by atoms with van der Waals surface area (Å²) < 4.78 is 56.5. The zero-order valence-electron chi connectivity index (χ0n) is 14.6. The van der Waals surface area contributed by atoms with E-state index in [1.807, 2.05) is 10.0 Å². The van der Waals surface area contributed by atoms with Gasteiger partial charge in [-0.15, -0.1) is 0 Å². The Morgan fingerprint density at radius 2 is 1.71 bits per heavy atom. The third-order valence-electron chi connectivity index (χ3n) is 3.77. The first-order valence-electron chi connectivity index (χ1n) is 8.07. The number of benzene rings is 2. The Kier molecular flexibility index (Phi) is 6.41. The molecule has 0 heterocycles. The smallest absolute Gasteiger partial charge is 0.344 e. The Morgan fingerprint density at radius 1 is 1.14 bits per heavy atom. The maximum atomic E-state index is 14.7. The predicted molar refractivity (Wildman–Crippen MR) is 96.2 cm³/mol. The van der Waals surface area contributed by atoms with Crippen molar-refractivity contribution in [1.29, 1.82) is 0 Å². The fraction of sp³-hybridized carbons (Fsp3) is 0.235. The van der Waals surface area contributed by atoms with Gasteiger partial charge < -0.3 is 5.32 Å². The van der Waals surface area contributed by atoms with Gasteiger partial charge in [-0.05, 0) is 24.6 Å². The van der Waals surface area contributed by atoms with Crippen LogP contribution in [0.3, 0.4) is 0 Å². The zero-order valence-corrected chi connectivity index (χ0v) is 15.4. The minimum absolute atomic E-state index is 0.0644. The number of carbonyl (C=O) groups excluding carboxylic acids is 1. The lowest BCUT2D eigenvalue weighted by Gasteiger charge is -2.27. The van der Waals surface area contributed by atoms with Gasteiger partial charge in [-0.25, -0.2) is 8.42 Å². The highest BCUT2D eigenvalue weighted by atomic mass is 32.2. The van der Waals surface area contributed by atoms with E-state index in [1.54, 1.807) is 6.07 Å². The third kappa shape index (κ3) is 4.67. The lowest BCUT2D eigenvalue weighted by Crippen LogP contribution is -2.50. The van der Waals surface area contributed by atoms with Crippen molar-refractivity contribution in [3.63, 3.8) is 0 Å². The molecule has 0 aliphatic rings. The summed E-state index contributed by atoms with van der Waals surface area (Å²) in [4.78, 5) is 21.4. The van der Waals surface area contributed by atoms with Gasteiger partial charge >= 0.3 is 5.92 Å². The summed E-state index contributed by atoms with van der Waals surface area (Å²) in [7, 11) is -4.51. The number of sulfonamides is 1. The quantitative estimate of drug-likeness (QED) is 0.509. The standard InChI is InChI=1S/C17H17F2N3O5S/c1-2-20-16(23)17(18,19)15(12-6-4-3-5-7-12)21-28(26,27)14-10-8-13(9-11-14)22(24)25/h3-11,15,21H,2H2,1H3,(H,20,23). The normalized spacial score (nSPS) is 13.0. The van der Waals surface area contributed by atoms with Crippen molar-refractivity contribution in [1.82, 2.24) is 10.0 Å². The van der Waals surface area contributed by atoms with Crippen LogP contribution in [0, 0.1) is 10.1 Å². The van der Waals surface area contributed by atoms with Gasteiger partial charge in [-0.1, -0.05) is 30.3 Å². The number of non-ortho nitro benzene ring substituents is 1. The summed E-state index contributed by atoms with van der Waals surface area (Å²) in [5, 5.41) is 12.7. The molecule has 0 fully saturated rings. The lowest BCUT2D eigenvalue weighted by atomic mass is 10.0. The molecule has 11 heteroatoms. The predicted octanol–water partition coefficient (Wildman–Crippen LogP) is 2.39. The van der Waals surface area contributed by atoms with Crippen molar-refractivity contribution < 1.29 is 26.9 Å². The molecule has 0 spiro atoms. The molecule has 2 rings (SSSR count). The van der Waals surface area contributed by atoms with E-state index in [-0.39, 0.29) is 17.8 Å². The van der Waals surface area contributed by atoms with Gasteiger partial charge in [-0.2, -0.15) is 13.5 Å². The molecular formula is C17H17F2N3O5S. The fourth-order valence-corrected chi connectivity index (χ4v) is 3.60. The molecule has 2 N–H and O–H groups in total. The molecule has 150 valence electrons. The number of alkyl halides is 2. The molecule has 2 aromatic rings. The summed E-state index contributed by atoms with van der Waals surface area (Å²) in [6.45, 7) is 1.39. The van der Waals surface area contributed by atoms with Crippen LogP contribution < -0.4 is 10.0 Å². The number of hydrogen-bond acceptors (Lipinski definition) is 5. The van der Waals surface area contributed by atoms with Gasteiger partial charge in [0.2, 0.25) is 10.0 Å². The second-order valence-electron chi connectivity index (χ2n) is 5.70. The number of carbonyl (C=O) groups is 1. The fourth-order valence-electron chi connectivity index (χ4n) is 2.38. The van der Waals surface area contributed by atoms with E-state index in [0.29, 0.717) is 0 Å². The summed E-state index contributed by atoms with van der Waals surface area (Å²) in [6, 6.07) is 8.47. The monoisotopic (exact) mass is 413 g/mol. The van der Waals surface area contributed by atoms with E-state index in [2.05, 4.69) is 0 Å². The molecule has 0 aromatic heterocycles. The van der Waals surface area contributed by atoms with Crippen LogP contribution in [0.15, 0.2) is 59.5 Å². The lowest BCUT2D eigenvalue weighted by molar-refractivity contribution is -0.384. The van der Waals surface area contributed by atoms with Crippen LogP contribution >= 0.6 is 0 Å². The van der Waals surface area contributed by atoms with Gasteiger partial charge in [0.1, 0.15) is 6.04 Å². The first kappa shape index (κ1) is 21.4. The van der Waals surface area contributed by atoms with E-state index < -0.39 is 37.7 Å². The van der Waals surface area contributed by atoms with Crippen LogP contribution in [-0.2, 0) is 14.8 Å². The van der Waals surface area contributed by atoms with E-state index in [9.17, 15) is 32.1 Å². The van der Waals surface area contributed by atoms with Crippen LogP contribution in [0.2, 0.25) is 0 Å². The van der Waals surface area contributed by atoms with Gasteiger partial charge in [0, 0.05) is 18.7 Å². The molecule has 1 unspecified atom stereocenters. The zero-order chi connectivity index (χ0) is 20.9. The van der Waals surface area contributed by atoms with Gasteiger partial charge in [0.05, 0.1) is 9.82 Å². The molecule has 8 nitrogen and oxygen atoms in total. The number of halogens is 2. The second kappa shape index (κ2) is 8.40. The number of nitrogens with one attached hydrogen (secondary N) is 2. The first-order chi connectivity index (χ1) is 13.1. The molecule has 0 bridgehead atoms. The number of nitrogens with zero attached hydrogens (tertiary/aromatic N) is 1. The Hall–Kier alpha value is -2.92. The first-order valence-corrected chi connectivity index (χ1v) is 9.55. The van der Waals surface area contributed by atoms with Crippen LogP contribution in [-0.4, -0.2) is 31.7 Å². The van der Waals surface area contributed by atoms with Crippen molar-refractivity contribution in [2.45, 2.75) is 23.8 Å². The summed E-state index contributed by atoms with van der Waals surface area (Å²) in [5.74, 6) is -5.72.